The largest absolute Gasteiger partial charge is 0.487 e. The SMILES string of the molecule is Cc1cccc(OCc2cc3n(n2)C[C@@H](C)N(Cc2ccccc2)C3=O)c1.O=C1c2cc(COc3ccccn3)nn2CCN1Cc1ccccc1. The number of fused-ring (bicyclic) bond motifs is 2. The van der Waals surface area contributed by atoms with Crippen LogP contribution in [0, 0.1) is 6.92 Å². The van der Waals surface area contributed by atoms with Gasteiger partial charge in [0.2, 0.25) is 5.88 Å². The molecule has 11 nitrogen and oxygen atoms in total. The van der Waals surface area contributed by atoms with Crippen molar-refractivity contribution in [3.05, 3.63) is 161 Å². The van der Waals surface area contributed by atoms with E-state index in [1.54, 1.807) is 16.9 Å². The van der Waals surface area contributed by atoms with Gasteiger partial charge in [0.1, 0.15) is 41.7 Å². The first-order valence-electron chi connectivity index (χ1n) is 17.4. The highest BCUT2D eigenvalue weighted by atomic mass is 16.5. The molecule has 0 N–H and O–H groups in total. The van der Waals surface area contributed by atoms with Crippen molar-refractivity contribution in [1.82, 2.24) is 34.3 Å². The van der Waals surface area contributed by atoms with E-state index in [0.29, 0.717) is 63.2 Å². The number of hydrogen-bond acceptors (Lipinski definition) is 7. The molecule has 264 valence electrons. The molecule has 52 heavy (non-hydrogen) atoms. The zero-order valence-electron chi connectivity index (χ0n) is 29.3. The molecule has 5 heterocycles. The van der Waals surface area contributed by atoms with Crippen LogP contribution in [0.1, 0.15) is 56.0 Å². The van der Waals surface area contributed by atoms with E-state index in [2.05, 4.69) is 22.1 Å². The Balaban J connectivity index is 0.000000162. The molecule has 11 heteroatoms. The summed E-state index contributed by atoms with van der Waals surface area (Å²) in [6.45, 7) is 8.01. The van der Waals surface area contributed by atoms with E-state index < -0.39 is 0 Å². The first-order valence-corrected chi connectivity index (χ1v) is 17.4. The van der Waals surface area contributed by atoms with Gasteiger partial charge < -0.3 is 19.3 Å². The van der Waals surface area contributed by atoms with Gasteiger partial charge in [0.05, 0.1) is 13.1 Å². The second kappa shape index (κ2) is 15.8. The molecule has 2 aliphatic heterocycles. The molecular formula is C41H41N7O4. The van der Waals surface area contributed by atoms with Crippen LogP contribution in [0.15, 0.2) is 121 Å². The van der Waals surface area contributed by atoms with Crippen molar-refractivity contribution in [3.63, 3.8) is 0 Å². The molecule has 2 aliphatic rings. The molecule has 0 bridgehead atoms. The van der Waals surface area contributed by atoms with Crippen LogP contribution in [0.5, 0.6) is 11.6 Å². The maximum Gasteiger partial charge on any atom is 0.272 e. The van der Waals surface area contributed by atoms with Gasteiger partial charge in [-0.25, -0.2) is 4.98 Å². The normalized spacial score (nSPS) is 15.0. The van der Waals surface area contributed by atoms with Crippen LogP contribution in [0.2, 0.25) is 0 Å². The Kier molecular flexibility index (Phi) is 10.4. The standard InChI is InChI=1S/C22H23N3O2.C19H18N4O2/c1-16-7-6-10-20(11-16)27-15-19-12-21-22(26)24(17(2)13-25(21)23-19)14-18-8-4-3-5-9-18;24-19-17-12-16(14-25-18-8-4-5-9-20-18)21-23(17)11-10-22(19)13-15-6-2-1-3-7-15/h3-12,17H,13-15H2,1-2H3;1-9,12H,10-11,13-14H2/t17-;/m1./s1. The monoisotopic (exact) mass is 695 g/mol. The van der Waals surface area contributed by atoms with E-state index in [1.807, 2.05) is 131 Å². The van der Waals surface area contributed by atoms with E-state index in [4.69, 9.17) is 9.47 Å². The lowest BCUT2D eigenvalue weighted by Gasteiger charge is -2.33. The zero-order chi connectivity index (χ0) is 35.9. The second-order valence-electron chi connectivity index (χ2n) is 13.0. The Hall–Kier alpha value is -6.23. The van der Waals surface area contributed by atoms with Crippen LogP contribution in [0.25, 0.3) is 0 Å². The van der Waals surface area contributed by atoms with Gasteiger partial charge in [-0.15, -0.1) is 0 Å². The smallest absolute Gasteiger partial charge is 0.272 e. The lowest BCUT2D eigenvalue weighted by Crippen LogP contribution is -2.46. The van der Waals surface area contributed by atoms with Crippen molar-refractivity contribution in [3.8, 4) is 11.6 Å². The first kappa shape index (κ1) is 34.2. The molecular weight excluding hydrogens is 654 g/mol. The highest BCUT2D eigenvalue weighted by Gasteiger charge is 2.31. The summed E-state index contributed by atoms with van der Waals surface area (Å²) in [5.74, 6) is 1.38. The van der Waals surface area contributed by atoms with Crippen molar-refractivity contribution in [2.45, 2.75) is 59.3 Å². The third kappa shape index (κ3) is 8.21. The maximum atomic E-state index is 13.0. The molecule has 0 radical (unpaired) electrons. The highest BCUT2D eigenvalue weighted by molar-refractivity contribution is 5.94. The molecule has 3 aromatic carbocycles. The van der Waals surface area contributed by atoms with Gasteiger partial charge >= 0.3 is 0 Å². The number of carbonyl (C=O) groups excluding carboxylic acids is 2. The van der Waals surface area contributed by atoms with Crippen LogP contribution in [0.4, 0.5) is 0 Å². The lowest BCUT2D eigenvalue weighted by atomic mass is 10.1. The quantitative estimate of drug-likeness (QED) is 0.165. The number of aryl methyl sites for hydroxylation is 1. The zero-order valence-corrected chi connectivity index (χ0v) is 29.3. The minimum atomic E-state index is 0.00619. The summed E-state index contributed by atoms with van der Waals surface area (Å²) in [6, 6.07) is 37.3. The van der Waals surface area contributed by atoms with E-state index in [0.717, 1.165) is 33.8 Å². The Bertz CT molecular complexity index is 2120. The summed E-state index contributed by atoms with van der Waals surface area (Å²) in [5, 5.41) is 9.05. The number of ether oxygens (including phenoxy) is 2. The topological polar surface area (TPSA) is 108 Å². The predicted octanol–water partition coefficient (Wildman–Crippen LogP) is 6.33. The summed E-state index contributed by atoms with van der Waals surface area (Å²) < 4.78 is 15.0. The van der Waals surface area contributed by atoms with Gasteiger partial charge in [-0.05, 0) is 60.9 Å². The van der Waals surface area contributed by atoms with Gasteiger partial charge in [0.15, 0.2) is 0 Å². The molecule has 0 unspecified atom stereocenters. The van der Waals surface area contributed by atoms with E-state index in [-0.39, 0.29) is 17.9 Å². The fourth-order valence-electron chi connectivity index (χ4n) is 6.32. The summed E-state index contributed by atoms with van der Waals surface area (Å²) in [5.41, 5.74) is 6.16. The van der Waals surface area contributed by atoms with E-state index in [9.17, 15) is 9.59 Å². The van der Waals surface area contributed by atoms with Crippen LogP contribution in [0.3, 0.4) is 0 Å². The Morgan fingerprint density at radius 2 is 1.33 bits per heavy atom. The molecule has 6 aromatic rings. The number of carbonyl (C=O) groups is 2. The molecule has 0 saturated heterocycles. The van der Waals surface area contributed by atoms with Crippen molar-refractivity contribution in [2.75, 3.05) is 6.54 Å². The number of rotatable bonds is 10. The van der Waals surface area contributed by atoms with E-state index in [1.165, 1.54) is 0 Å². The summed E-state index contributed by atoms with van der Waals surface area (Å²) in [4.78, 5) is 33.6. The van der Waals surface area contributed by atoms with Gasteiger partial charge in [0, 0.05) is 37.9 Å². The van der Waals surface area contributed by atoms with Crippen molar-refractivity contribution >= 4 is 11.8 Å². The summed E-state index contributed by atoms with van der Waals surface area (Å²) in [6.07, 6.45) is 1.68. The maximum absolute atomic E-state index is 13.0. The molecule has 8 rings (SSSR count). The number of pyridine rings is 1. The molecule has 3 aromatic heterocycles. The molecule has 0 aliphatic carbocycles. The predicted molar refractivity (Wildman–Crippen MR) is 195 cm³/mol. The second-order valence-corrected chi connectivity index (χ2v) is 13.0. The fraction of sp³-hybridized carbons (Fsp3) is 0.244. The van der Waals surface area contributed by atoms with Gasteiger partial charge in [-0.2, -0.15) is 10.2 Å². The van der Waals surface area contributed by atoms with Crippen molar-refractivity contribution < 1.29 is 19.1 Å². The minimum absolute atomic E-state index is 0.00619. The summed E-state index contributed by atoms with van der Waals surface area (Å²) in [7, 11) is 0. The first-order chi connectivity index (χ1) is 25.4. The van der Waals surface area contributed by atoms with Crippen molar-refractivity contribution in [1.29, 1.82) is 0 Å². The van der Waals surface area contributed by atoms with Crippen LogP contribution >= 0.6 is 0 Å². The average molecular weight is 696 g/mol. The Morgan fingerprint density at radius 1 is 0.673 bits per heavy atom. The van der Waals surface area contributed by atoms with Gasteiger partial charge in [-0.1, -0.05) is 78.9 Å². The number of nitrogens with zero attached hydrogens (tertiary/aromatic N) is 7. The number of aromatic nitrogens is 5. The molecule has 0 saturated carbocycles. The summed E-state index contributed by atoms with van der Waals surface area (Å²) >= 11 is 0. The van der Waals surface area contributed by atoms with Crippen LogP contribution < -0.4 is 9.47 Å². The Labute approximate surface area is 303 Å². The average Bonchev–Trinajstić information content (AvgIpc) is 3.79. The molecule has 2 amide bonds. The van der Waals surface area contributed by atoms with Crippen molar-refractivity contribution in [2.24, 2.45) is 0 Å². The molecule has 0 fully saturated rings. The molecule has 1 atom stereocenters. The lowest BCUT2D eigenvalue weighted by molar-refractivity contribution is 0.0584. The fourth-order valence-corrected chi connectivity index (χ4v) is 6.32. The van der Waals surface area contributed by atoms with Gasteiger partial charge in [0.25, 0.3) is 11.8 Å². The number of amides is 2. The Morgan fingerprint density at radius 3 is 2.02 bits per heavy atom. The van der Waals surface area contributed by atoms with E-state index >= 15 is 0 Å². The highest BCUT2D eigenvalue weighted by Crippen LogP contribution is 2.22. The molecule has 0 spiro atoms. The number of hydrogen-bond donors (Lipinski definition) is 0. The minimum Gasteiger partial charge on any atom is -0.487 e. The third-order valence-electron chi connectivity index (χ3n) is 8.99. The van der Waals surface area contributed by atoms with Gasteiger partial charge in [-0.3, -0.25) is 19.0 Å². The van der Waals surface area contributed by atoms with Crippen LogP contribution in [-0.2, 0) is 39.4 Å². The van der Waals surface area contributed by atoms with Crippen LogP contribution in [-0.4, -0.2) is 58.7 Å². The third-order valence-corrected chi connectivity index (χ3v) is 8.99. The number of benzene rings is 3.